The first-order chi connectivity index (χ1) is 7.13. The molecule has 4 nitrogen and oxygen atoms in total. The number of aryl methyl sites for hydroxylation is 1. The number of pyridine rings is 1. The zero-order valence-corrected chi connectivity index (χ0v) is 9.56. The summed E-state index contributed by atoms with van der Waals surface area (Å²) < 4.78 is 0. The van der Waals surface area contributed by atoms with Gasteiger partial charge in [0.2, 0.25) is 5.91 Å². The molecule has 0 bridgehead atoms. The zero-order chi connectivity index (χ0) is 11.3. The van der Waals surface area contributed by atoms with Crippen LogP contribution in [-0.4, -0.2) is 24.5 Å². The Morgan fingerprint density at radius 2 is 2.27 bits per heavy atom. The molecule has 0 unspecified atom stereocenters. The topological polar surface area (TPSA) is 54.0 Å². The molecule has 0 saturated heterocycles. The molecular weight excluding hydrogens is 214 g/mol. The maximum absolute atomic E-state index is 11.4. The first-order valence-corrected chi connectivity index (χ1v) is 5.09. The lowest BCUT2D eigenvalue weighted by molar-refractivity contribution is -0.116. The molecule has 15 heavy (non-hydrogen) atoms. The Labute approximate surface area is 94.0 Å². The Morgan fingerprint density at radius 1 is 1.53 bits per heavy atom. The molecule has 0 aliphatic rings. The lowest BCUT2D eigenvalue weighted by Gasteiger charge is -2.07. The SMILES string of the molecule is CNCCC(=O)Nc1ccc(Cl)nc1C. The van der Waals surface area contributed by atoms with Gasteiger partial charge in [-0.2, -0.15) is 0 Å². The smallest absolute Gasteiger partial charge is 0.225 e. The van der Waals surface area contributed by atoms with Gasteiger partial charge in [0.1, 0.15) is 5.15 Å². The number of anilines is 1. The number of amides is 1. The Hall–Kier alpha value is -1.13. The second-order valence-electron chi connectivity index (χ2n) is 3.17. The van der Waals surface area contributed by atoms with Crippen molar-refractivity contribution in [3.05, 3.63) is 23.0 Å². The van der Waals surface area contributed by atoms with Gasteiger partial charge in [0.15, 0.2) is 0 Å². The van der Waals surface area contributed by atoms with Gasteiger partial charge in [-0.25, -0.2) is 4.98 Å². The van der Waals surface area contributed by atoms with E-state index in [-0.39, 0.29) is 5.91 Å². The molecule has 1 aromatic rings. The van der Waals surface area contributed by atoms with Gasteiger partial charge >= 0.3 is 0 Å². The number of rotatable bonds is 4. The van der Waals surface area contributed by atoms with Crippen LogP contribution in [-0.2, 0) is 4.79 Å². The first kappa shape index (κ1) is 11.9. The predicted molar refractivity (Wildman–Crippen MR) is 61.2 cm³/mol. The van der Waals surface area contributed by atoms with Crippen LogP contribution >= 0.6 is 11.6 Å². The van der Waals surface area contributed by atoms with Crippen molar-refractivity contribution in [3.63, 3.8) is 0 Å². The number of hydrogen-bond acceptors (Lipinski definition) is 3. The molecule has 1 rings (SSSR count). The van der Waals surface area contributed by atoms with Gasteiger partial charge in [0.05, 0.1) is 11.4 Å². The molecule has 0 aliphatic heterocycles. The van der Waals surface area contributed by atoms with Crippen LogP contribution in [0.25, 0.3) is 0 Å². The van der Waals surface area contributed by atoms with Crippen molar-refractivity contribution in [2.24, 2.45) is 0 Å². The summed E-state index contributed by atoms with van der Waals surface area (Å²) in [6.45, 7) is 2.46. The van der Waals surface area contributed by atoms with Crippen molar-refractivity contribution in [2.45, 2.75) is 13.3 Å². The maximum atomic E-state index is 11.4. The number of carbonyl (C=O) groups is 1. The van der Waals surface area contributed by atoms with Crippen molar-refractivity contribution in [1.29, 1.82) is 0 Å². The van der Waals surface area contributed by atoms with Gasteiger partial charge in [0.25, 0.3) is 0 Å². The average molecular weight is 228 g/mol. The van der Waals surface area contributed by atoms with Crippen LogP contribution < -0.4 is 10.6 Å². The van der Waals surface area contributed by atoms with Crippen LogP contribution in [0.15, 0.2) is 12.1 Å². The van der Waals surface area contributed by atoms with Gasteiger partial charge in [-0.1, -0.05) is 11.6 Å². The Bertz CT molecular complexity index is 355. The van der Waals surface area contributed by atoms with Gasteiger partial charge in [0, 0.05) is 13.0 Å². The number of halogens is 1. The predicted octanol–water partition coefficient (Wildman–Crippen LogP) is 1.59. The third kappa shape index (κ3) is 3.85. The monoisotopic (exact) mass is 227 g/mol. The minimum Gasteiger partial charge on any atom is -0.324 e. The second-order valence-corrected chi connectivity index (χ2v) is 3.56. The number of hydrogen-bond donors (Lipinski definition) is 2. The fourth-order valence-electron chi connectivity index (χ4n) is 1.11. The summed E-state index contributed by atoms with van der Waals surface area (Å²) in [5, 5.41) is 6.11. The molecule has 1 aromatic heterocycles. The highest BCUT2D eigenvalue weighted by molar-refractivity contribution is 6.29. The first-order valence-electron chi connectivity index (χ1n) is 4.71. The van der Waals surface area contributed by atoms with Crippen molar-refractivity contribution >= 4 is 23.2 Å². The minimum atomic E-state index is -0.0310. The lowest BCUT2D eigenvalue weighted by Crippen LogP contribution is -2.19. The van der Waals surface area contributed by atoms with Gasteiger partial charge in [-0.05, 0) is 26.1 Å². The highest BCUT2D eigenvalue weighted by Gasteiger charge is 2.05. The number of nitrogens with one attached hydrogen (secondary N) is 2. The van der Waals surface area contributed by atoms with E-state index in [1.165, 1.54) is 0 Å². The molecular formula is C10H14ClN3O. The molecule has 5 heteroatoms. The number of aromatic nitrogens is 1. The number of nitrogens with zero attached hydrogens (tertiary/aromatic N) is 1. The highest BCUT2D eigenvalue weighted by atomic mass is 35.5. The van der Waals surface area contributed by atoms with E-state index >= 15 is 0 Å². The summed E-state index contributed by atoms with van der Waals surface area (Å²) in [7, 11) is 1.81. The standard InChI is InChI=1S/C10H14ClN3O/c1-7-8(3-4-9(11)13-7)14-10(15)5-6-12-2/h3-4,12H,5-6H2,1-2H3,(H,14,15). The van der Waals surface area contributed by atoms with Crippen molar-refractivity contribution in [1.82, 2.24) is 10.3 Å². The molecule has 0 spiro atoms. The third-order valence-electron chi connectivity index (χ3n) is 1.93. The summed E-state index contributed by atoms with van der Waals surface area (Å²) >= 11 is 5.70. The van der Waals surface area contributed by atoms with Crippen molar-refractivity contribution in [2.75, 3.05) is 18.9 Å². The van der Waals surface area contributed by atoms with Gasteiger partial charge in [-0.3, -0.25) is 4.79 Å². The minimum absolute atomic E-state index is 0.0310. The fraction of sp³-hybridized carbons (Fsp3) is 0.400. The van der Waals surface area contributed by atoms with E-state index < -0.39 is 0 Å². The molecule has 0 aliphatic carbocycles. The Morgan fingerprint density at radius 3 is 2.87 bits per heavy atom. The third-order valence-corrected chi connectivity index (χ3v) is 2.14. The van der Waals surface area contributed by atoms with E-state index in [0.29, 0.717) is 23.8 Å². The largest absolute Gasteiger partial charge is 0.324 e. The van der Waals surface area contributed by atoms with E-state index in [2.05, 4.69) is 15.6 Å². The summed E-state index contributed by atoms with van der Waals surface area (Å²) in [6, 6.07) is 3.41. The van der Waals surface area contributed by atoms with Crippen LogP contribution in [0.1, 0.15) is 12.1 Å². The Kier molecular flexibility index (Phi) is 4.52. The summed E-state index contributed by atoms with van der Waals surface area (Å²) in [5.74, 6) is -0.0310. The van der Waals surface area contributed by atoms with Crippen LogP contribution in [0.3, 0.4) is 0 Å². The summed E-state index contributed by atoms with van der Waals surface area (Å²) in [6.07, 6.45) is 0.443. The van der Waals surface area contributed by atoms with Crippen LogP contribution in [0, 0.1) is 6.92 Å². The van der Waals surface area contributed by atoms with Crippen LogP contribution in [0.5, 0.6) is 0 Å². The van der Waals surface area contributed by atoms with E-state index in [4.69, 9.17) is 11.6 Å². The molecule has 0 atom stereocenters. The van der Waals surface area contributed by atoms with E-state index in [1.54, 1.807) is 19.1 Å². The van der Waals surface area contributed by atoms with E-state index in [1.807, 2.05) is 7.05 Å². The van der Waals surface area contributed by atoms with E-state index in [0.717, 1.165) is 5.69 Å². The van der Waals surface area contributed by atoms with Crippen molar-refractivity contribution < 1.29 is 4.79 Å². The molecule has 0 saturated carbocycles. The fourth-order valence-corrected chi connectivity index (χ4v) is 1.30. The van der Waals surface area contributed by atoms with Gasteiger partial charge in [-0.15, -0.1) is 0 Å². The molecule has 1 heterocycles. The second kappa shape index (κ2) is 5.68. The summed E-state index contributed by atoms with van der Waals surface area (Å²) in [5.41, 5.74) is 1.43. The van der Waals surface area contributed by atoms with Crippen LogP contribution in [0.4, 0.5) is 5.69 Å². The number of carbonyl (C=O) groups excluding carboxylic acids is 1. The molecule has 0 aromatic carbocycles. The highest BCUT2D eigenvalue weighted by Crippen LogP contribution is 2.15. The maximum Gasteiger partial charge on any atom is 0.225 e. The molecule has 2 N–H and O–H groups in total. The molecule has 1 amide bonds. The molecule has 82 valence electrons. The quantitative estimate of drug-likeness (QED) is 0.769. The van der Waals surface area contributed by atoms with Gasteiger partial charge < -0.3 is 10.6 Å². The average Bonchev–Trinajstić information content (AvgIpc) is 2.19. The molecule has 0 fully saturated rings. The van der Waals surface area contributed by atoms with Crippen LogP contribution in [0.2, 0.25) is 5.15 Å². The Balaban J connectivity index is 2.60. The normalized spacial score (nSPS) is 10.1. The van der Waals surface area contributed by atoms with E-state index in [9.17, 15) is 4.79 Å². The molecule has 0 radical (unpaired) electrons. The lowest BCUT2D eigenvalue weighted by atomic mass is 10.3. The zero-order valence-electron chi connectivity index (χ0n) is 8.80. The van der Waals surface area contributed by atoms with Crippen molar-refractivity contribution in [3.8, 4) is 0 Å². The summed E-state index contributed by atoms with van der Waals surface area (Å²) in [4.78, 5) is 15.4.